The maximum absolute atomic E-state index is 3.59. The lowest BCUT2D eigenvalue weighted by Gasteiger charge is -2.17. The van der Waals surface area contributed by atoms with Crippen LogP contribution in [0.4, 0.5) is 0 Å². The summed E-state index contributed by atoms with van der Waals surface area (Å²) in [6.45, 7) is 2.04. The molecule has 2 nitrogen and oxygen atoms in total. The van der Waals surface area contributed by atoms with Gasteiger partial charge in [-0.05, 0) is 31.3 Å². The number of halogens is 1. The van der Waals surface area contributed by atoms with Crippen molar-refractivity contribution in [2.75, 3.05) is 20.6 Å². The number of nitrogens with zero attached hydrogens (tertiary/aromatic N) is 1. The van der Waals surface area contributed by atoms with Crippen molar-refractivity contribution in [1.29, 1.82) is 0 Å². The smallest absolute Gasteiger partial charge is 0.0455 e. The summed E-state index contributed by atoms with van der Waals surface area (Å²) in [5.41, 5.74) is 2.85. The average molecular weight is 255 g/mol. The molecule has 1 atom stereocenters. The first kappa shape index (κ1) is 10.1. The van der Waals surface area contributed by atoms with Crippen LogP contribution in [0.1, 0.15) is 17.2 Å². The molecule has 0 aliphatic carbocycles. The van der Waals surface area contributed by atoms with Gasteiger partial charge in [0.05, 0.1) is 0 Å². The Morgan fingerprint density at radius 1 is 1.50 bits per heavy atom. The second-order valence-electron chi connectivity index (χ2n) is 4.00. The van der Waals surface area contributed by atoms with Crippen molar-refractivity contribution in [2.45, 2.75) is 12.6 Å². The number of hydrogen-bond donors (Lipinski definition) is 1. The molecule has 1 aliphatic rings. The Hall–Kier alpha value is -0.380. The maximum Gasteiger partial charge on any atom is 0.0455 e. The van der Waals surface area contributed by atoms with E-state index < -0.39 is 0 Å². The molecule has 1 aromatic carbocycles. The topological polar surface area (TPSA) is 15.3 Å². The minimum atomic E-state index is 0.484. The van der Waals surface area contributed by atoms with Gasteiger partial charge >= 0.3 is 0 Å². The molecule has 3 heteroatoms. The van der Waals surface area contributed by atoms with Crippen molar-refractivity contribution in [3.8, 4) is 0 Å². The van der Waals surface area contributed by atoms with Crippen molar-refractivity contribution in [3.63, 3.8) is 0 Å². The zero-order chi connectivity index (χ0) is 10.1. The summed E-state index contributed by atoms with van der Waals surface area (Å²) in [7, 11) is 4.22. The van der Waals surface area contributed by atoms with E-state index in [4.69, 9.17) is 0 Å². The van der Waals surface area contributed by atoms with Crippen LogP contribution in [0.3, 0.4) is 0 Å². The summed E-state index contributed by atoms with van der Waals surface area (Å²) in [5, 5.41) is 3.52. The molecule has 0 unspecified atom stereocenters. The Balaban J connectivity index is 2.26. The van der Waals surface area contributed by atoms with Crippen molar-refractivity contribution < 1.29 is 0 Å². The molecule has 0 saturated carbocycles. The van der Waals surface area contributed by atoms with Crippen LogP contribution in [0, 0.1) is 0 Å². The highest BCUT2D eigenvalue weighted by molar-refractivity contribution is 9.10. The minimum absolute atomic E-state index is 0.484. The second-order valence-corrected chi connectivity index (χ2v) is 4.86. The maximum atomic E-state index is 3.59. The van der Waals surface area contributed by atoms with Crippen LogP contribution >= 0.6 is 15.9 Å². The standard InChI is InChI=1S/C11H15BrN2/c1-14(2)7-11-8-4-3-5-10(12)9(8)6-13-11/h3-5,11,13H,6-7H2,1-2H3/t11-/m0/s1. The van der Waals surface area contributed by atoms with Crippen molar-refractivity contribution in [2.24, 2.45) is 0 Å². The third-order valence-electron chi connectivity index (χ3n) is 2.60. The number of hydrogen-bond acceptors (Lipinski definition) is 2. The highest BCUT2D eigenvalue weighted by Crippen LogP contribution is 2.30. The van der Waals surface area contributed by atoms with E-state index in [1.54, 1.807) is 0 Å². The average Bonchev–Trinajstić information content (AvgIpc) is 2.49. The SMILES string of the molecule is CN(C)C[C@@H]1NCc2c(Br)cccc21. The lowest BCUT2D eigenvalue weighted by Crippen LogP contribution is -2.26. The quantitative estimate of drug-likeness (QED) is 0.871. The van der Waals surface area contributed by atoms with Gasteiger partial charge in [0, 0.05) is 23.6 Å². The van der Waals surface area contributed by atoms with Gasteiger partial charge in [-0.2, -0.15) is 0 Å². The van der Waals surface area contributed by atoms with E-state index >= 15 is 0 Å². The predicted octanol–water partition coefficient (Wildman–Crippen LogP) is 2.15. The fourth-order valence-electron chi connectivity index (χ4n) is 1.95. The molecule has 0 amide bonds. The molecule has 1 heterocycles. The first-order chi connectivity index (χ1) is 6.68. The van der Waals surface area contributed by atoms with Gasteiger partial charge in [0.2, 0.25) is 0 Å². The molecule has 0 bridgehead atoms. The Bertz CT molecular complexity index is 336. The molecule has 0 fully saturated rings. The summed E-state index contributed by atoms with van der Waals surface area (Å²) in [6.07, 6.45) is 0. The molecule has 0 aromatic heterocycles. The zero-order valence-corrected chi connectivity index (χ0v) is 10.1. The third-order valence-corrected chi connectivity index (χ3v) is 3.35. The Morgan fingerprint density at radius 3 is 3.00 bits per heavy atom. The third kappa shape index (κ3) is 1.85. The number of likely N-dealkylation sites (N-methyl/N-ethyl adjacent to an activating group) is 1. The molecule has 0 spiro atoms. The normalized spacial score (nSPS) is 20.1. The largest absolute Gasteiger partial charge is 0.308 e. The fraction of sp³-hybridized carbons (Fsp3) is 0.455. The van der Waals surface area contributed by atoms with Crippen molar-refractivity contribution in [1.82, 2.24) is 10.2 Å². The van der Waals surface area contributed by atoms with E-state index in [9.17, 15) is 0 Å². The fourth-order valence-corrected chi connectivity index (χ4v) is 2.47. The minimum Gasteiger partial charge on any atom is -0.308 e. The molecular formula is C11H15BrN2. The molecule has 1 N–H and O–H groups in total. The summed E-state index contributed by atoms with van der Waals surface area (Å²) in [4.78, 5) is 2.22. The molecule has 0 radical (unpaired) electrons. The van der Waals surface area contributed by atoms with Crippen LogP contribution in [-0.4, -0.2) is 25.5 Å². The molecule has 14 heavy (non-hydrogen) atoms. The van der Waals surface area contributed by atoms with Gasteiger partial charge in [0.15, 0.2) is 0 Å². The van der Waals surface area contributed by atoms with Crippen LogP contribution in [-0.2, 0) is 6.54 Å². The molecule has 1 aromatic rings. The number of nitrogens with one attached hydrogen (secondary N) is 1. The van der Waals surface area contributed by atoms with E-state index in [2.05, 4.69) is 58.4 Å². The Kier molecular flexibility index (Phi) is 2.91. The molecule has 76 valence electrons. The predicted molar refractivity (Wildman–Crippen MR) is 62.3 cm³/mol. The molecule has 2 rings (SSSR count). The van der Waals surface area contributed by atoms with Gasteiger partial charge in [0.25, 0.3) is 0 Å². The first-order valence-corrected chi connectivity index (χ1v) is 5.63. The summed E-state index contributed by atoms with van der Waals surface area (Å²) >= 11 is 3.59. The number of fused-ring (bicyclic) bond motifs is 1. The van der Waals surface area contributed by atoms with E-state index in [1.165, 1.54) is 15.6 Å². The number of rotatable bonds is 2. The molecule has 1 aliphatic heterocycles. The van der Waals surface area contributed by atoms with Crippen LogP contribution < -0.4 is 5.32 Å². The van der Waals surface area contributed by atoms with E-state index in [0.29, 0.717) is 6.04 Å². The first-order valence-electron chi connectivity index (χ1n) is 4.84. The van der Waals surface area contributed by atoms with Gasteiger partial charge in [-0.25, -0.2) is 0 Å². The Labute approximate surface area is 93.4 Å². The molecular weight excluding hydrogens is 240 g/mol. The Morgan fingerprint density at radius 2 is 2.29 bits per heavy atom. The van der Waals surface area contributed by atoms with Gasteiger partial charge in [-0.3, -0.25) is 0 Å². The van der Waals surface area contributed by atoms with Gasteiger partial charge < -0.3 is 10.2 Å². The van der Waals surface area contributed by atoms with E-state index in [0.717, 1.165) is 13.1 Å². The lowest BCUT2D eigenvalue weighted by molar-refractivity contribution is 0.353. The number of benzene rings is 1. The van der Waals surface area contributed by atoms with Crippen LogP contribution in [0.5, 0.6) is 0 Å². The second kappa shape index (κ2) is 4.01. The summed E-state index contributed by atoms with van der Waals surface area (Å²) in [6, 6.07) is 6.92. The monoisotopic (exact) mass is 254 g/mol. The van der Waals surface area contributed by atoms with Gasteiger partial charge in [-0.15, -0.1) is 0 Å². The van der Waals surface area contributed by atoms with Crippen LogP contribution in [0.25, 0.3) is 0 Å². The summed E-state index contributed by atoms with van der Waals surface area (Å²) < 4.78 is 1.23. The lowest BCUT2D eigenvalue weighted by atomic mass is 10.1. The zero-order valence-electron chi connectivity index (χ0n) is 8.55. The van der Waals surface area contributed by atoms with Gasteiger partial charge in [0.1, 0.15) is 0 Å². The van der Waals surface area contributed by atoms with Crippen molar-refractivity contribution in [3.05, 3.63) is 33.8 Å². The molecule has 0 saturated heterocycles. The highest BCUT2D eigenvalue weighted by Gasteiger charge is 2.23. The van der Waals surface area contributed by atoms with Crippen LogP contribution in [0.15, 0.2) is 22.7 Å². The van der Waals surface area contributed by atoms with E-state index in [-0.39, 0.29) is 0 Å². The summed E-state index contributed by atoms with van der Waals surface area (Å²) in [5.74, 6) is 0. The van der Waals surface area contributed by atoms with E-state index in [1.807, 2.05) is 0 Å². The highest BCUT2D eigenvalue weighted by atomic mass is 79.9. The van der Waals surface area contributed by atoms with Gasteiger partial charge in [-0.1, -0.05) is 28.1 Å². The van der Waals surface area contributed by atoms with Crippen molar-refractivity contribution >= 4 is 15.9 Å². The van der Waals surface area contributed by atoms with Crippen LogP contribution in [0.2, 0.25) is 0 Å².